The van der Waals surface area contributed by atoms with Crippen LogP contribution in [0.25, 0.3) is 0 Å². The van der Waals surface area contributed by atoms with Gasteiger partial charge in [-0.1, -0.05) is 11.6 Å². The number of aliphatic hydroxyl groups excluding tert-OH is 2. The highest BCUT2D eigenvalue weighted by Crippen LogP contribution is 2.32. The lowest BCUT2D eigenvalue weighted by Crippen LogP contribution is -2.26. The molecule has 0 amide bonds. The van der Waals surface area contributed by atoms with Gasteiger partial charge in [0.05, 0.1) is 12.2 Å². The number of aliphatic hydroxyl groups is 2. The molecule has 1 aliphatic rings. The molecule has 0 radical (unpaired) electrons. The quantitative estimate of drug-likeness (QED) is 0.874. The van der Waals surface area contributed by atoms with Crippen LogP contribution in [0.3, 0.4) is 0 Å². The zero-order chi connectivity index (χ0) is 12.4. The third-order valence-corrected chi connectivity index (χ3v) is 3.35. The second-order valence-electron chi connectivity index (χ2n) is 4.51. The lowest BCUT2D eigenvalue weighted by molar-refractivity contribution is 0.0577. The van der Waals surface area contributed by atoms with Gasteiger partial charge in [-0.15, -0.1) is 0 Å². The number of benzene rings is 1. The number of rotatable bonds is 3. The predicted octanol–water partition coefficient (Wildman–Crippen LogP) is 2.69. The zero-order valence-electron chi connectivity index (χ0n) is 9.77. The fraction of sp³-hybridized carbons (Fsp3) is 0.538. The first kappa shape index (κ1) is 12.7. The molecule has 2 rings (SSSR count). The molecule has 1 aromatic rings. The molecule has 0 saturated heterocycles. The molecule has 3 atom stereocenters. The van der Waals surface area contributed by atoms with Crippen molar-refractivity contribution in [2.24, 2.45) is 0 Å². The smallest absolute Gasteiger partial charge is 0.125 e. The maximum absolute atomic E-state index is 9.72. The third-order valence-electron chi connectivity index (χ3n) is 3.12. The van der Waals surface area contributed by atoms with Crippen LogP contribution in [-0.2, 0) is 0 Å². The van der Waals surface area contributed by atoms with Crippen molar-refractivity contribution in [3.63, 3.8) is 0 Å². The van der Waals surface area contributed by atoms with E-state index in [4.69, 9.17) is 16.3 Å². The number of halogens is 1. The van der Waals surface area contributed by atoms with E-state index in [1.165, 1.54) is 0 Å². The van der Waals surface area contributed by atoms with E-state index in [2.05, 4.69) is 0 Å². The van der Waals surface area contributed by atoms with Crippen molar-refractivity contribution in [2.75, 3.05) is 0 Å². The second kappa shape index (κ2) is 5.25. The van der Waals surface area contributed by atoms with Gasteiger partial charge in [0.15, 0.2) is 0 Å². The lowest BCUT2D eigenvalue weighted by Gasteiger charge is -2.20. The Morgan fingerprint density at radius 2 is 2.18 bits per heavy atom. The summed E-state index contributed by atoms with van der Waals surface area (Å²) < 4.78 is 5.77. The van der Waals surface area contributed by atoms with E-state index in [0.29, 0.717) is 16.3 Å². The summed E-state index contributed by atoms with van der Waals surface area (Å²) >= 11 is 5.89. The Balaban J connectivity index is 2.19. The van der Waals surface area contributed by atoms with Gasteiger partial charge in [-0.05, 0) is 44.4 Å². The van der Waals surface area contributed by atoms with E-state index >= 15 is 0 Å². The van der Waals surface area contributed by atoms with Gasteiger partial charge in [-0.2, -0.15) is 0 Å². The minimum Gasteiger partial charge on any atom is -0.487 e. The van der Waals surface area contributed by atoms with Crippen molar-refractivity contribution in [1.29, 1.82) is 0 Å². The average Bonchev–Trinajstić information content (AvgIpc) is 2.67. The molecular formula is C13H17ClO3. The molecule has 2 unspecified atom stereocenters. The van der Waals surface area contributed by atoms with Gasteiger partial charge in [-0.3, -0.25) is 0 Å². The molecule has 94 valence electrons. The number of hydrogen-bond acceptors (Lipinski definition) is 3. The van der Waals surface area contributed by atoms with Crippen molar-refractivity contribution < 1.29 is 14.9 Å². The van der Waals surface area contributed by atoms with Crippen molar-refractivity contribution in [3.8, 4) is 5.75 Å². The van der Waals surface area contributed by atoms with Gasteiger partial charge >= 0.3 is 0 Å². The first-order valence-electron chi connectivity index (χ1n) is 5.90. The zero-order valence-corrected chi connectivity index (χ0v) is 10.5. The fourth-order valence-electron chi connectivity index (χ4n) is 2.16. The SMILES string of the molecule is C[C@@H](O)c1cc(Cl)ccc1OC1CCCC1O. The van der Waals surface area contributed by atoms with Gasteiger partial charge in [0.25, 0.3) is 0 Å². The van der Waals surface area contributed by atoms with Crippen LogP contribution in [0.15, 0.2) is 18.2 Å². The summed E-state index contributed by atoms with van der Waals surface area (Å²) in [5, 5.41) is 20.0. The van der Waals surface area contributed by atoms with Crippen LogP contribution < -0.4 is 4.74 Å². The summed E-state index contributed by atoms with van der Waals surface area (Å²) in [5.41, 5.74) is 0.664. The van der Waals surface area contributed by atoms with Gasteiger partial charge < -0.3 is 14.9 Å². The van der Waals surface area contributed by atoms with Crippen LogP contribution in [0.5, 0.6) is 5.75 Å². The summed E-state index contributed by atoms with van der Waals surface area (Å²) in [4.78, 5) is 0. The highest BCUT2D eigenvalue weighted by Gasteiger charge is 2.27. The molecule has 0 spiro atoms. The molecule has 0 bridgehead atoms. The van der Waals surface area contributed by atoms with Crippen molar-refractivity contribution in [1.82, 2.24) is 0 Å². The Labute approximate surface area is 106 Å². The van der Waals surface area contributed by atoms with E-state index < -0.39 is 12.2 Å². The molecule has 3 nitrogen and oxygen atoms in total. The molecule has 2 N–H and O–H groups in total. The van der Waals surface area contributed by atoms with E-state index in [1.54, 1.807) is 25.1 Å². The van der Waals surface area contributed by atoms with Crippen LogP contribution in [0.1, 0.15) is 37.9 Å². The molecule has 0 aromatic heterocycles. The summed E-state index contributed by atoms with van der Waals surface area (Å²) in [6, 6.07) is 5.17. The van der Waals surface area contributed by atoms with Crippen LogP contribution in [0.4, 0.5) is 0 Å². The van der Waals surface area contributed by atoms with Gasteiger partial charge in [0.2, 0.25) is 0 Å². The van der Waals surface area contributed by atoms with Gasteiger partial charge in [0, 0.05) is 10.6 Å². The number of ether oxygens (including phenoxy) is 1. The molecule has 0 heterocycles. The molecule has 0 aliphatic heterocycles. The van der Waals surface area contributed by atoms with Gasteiger partial charge in [-0.25, -0.2) is 0 Å². The predicted molar refractivity (Wildman–Crippen MR) is 66.4 cm³/mol. The highest BCUT2D eigenvalue weighted by molar-refractivity contribution is 6.30. The first-order chi connectivity index (χ1) is 8.08. The summed E-state index contributed by atoms with van der Waals surface area (Å²) in [7, 11) is 0. The van der Waals surface area contributed by atoms with Crippen LogP contribution >= 0.6 is 11.6 Å². The minimum absolute atomic E-state index is 0.173. The molecular weight excluding hydrogens is 240 g/mol. The molecule has 1 aromatic carbocycles. The molecule has 1 saturated carbocycles. The average molecular weight is 257 g/mol. The highest BCUT2D eigenvalue weighted by atomic mass is 35.5. The fourth-order valence-corrected chi connectivity index (χ4v) is 2.34. The Hall–Kier alpha value is -0.770. The molecule has 4 heteroatoms. The second-order valence-corrected chi connectivity index (χ2v) is 4.95. The Morgan fingerprint density at radius 3 is 2.76 bits per heavy atom. The summed E-state index contributed by atoms with van der Waals surface area (Å²) in [6.07, 6.45) is 1.39. The van der Waals surface area contributed by atoms with E-state index in [1.807, 2.05) is 0 Å². The maximum atomic E-state index is 9.72. The normalized spacial score (nSPS) is 25.9. The third kappa shape index (κ3) is 2.92. The van der Waals surface area contributed by atoms with Crippen molar-refractivity contribution in [2.45, 2.75) is 44.5 Å². The van der Waals surface area contributed by atoms with E-state index in [-0.39, 0.29) is 6.10 Å². The van der Waals surface area contributed by atoms with Crippen LogP contribution in [0, 0.1) is 0 Å². The van der Waals surface area contributed by atoms with Crippen molar-refractivity contribution in [3.05, 3.63) is 28.8 Å². The largest absolute Gasteiger partial charge is 0.487 e. The molecule has 1 fully saturated rings. The monoisotopic (exact) mass is 256 g/mol. The van der Waals surface area contributed by atoms with E-state index in [9.17, 15) is 10.2 Å². The van der Waals surface area contributed by atoms with Crippen LogP contribution in [-0.4, -0.2) is 22.4 Å². The first-order valence-corrected chi connectivity index (χ1v) is 6.28. The lowest BCUT2D eigenvalue weighted by atomic mass is 10.1. The van der Waals surface area contributed by atoms with Crippen molar-refractivity contribution >= 4 is 11.6 Å². The standard InChI is InChI=1S/C13H17ClO3/c1-8(15)10-7-9(14)5-6-12(10)17-13-4-2-3-11(13)16/h5-8,11,13,15-16H,2-4H2,1H3/t8-,11?,13?/m1/s1. The maximum Gasteiger partial charge on any atom is 0.125 e. The van der Waals surface area contributed by atoms with Gasteiger partial charge in [0.1, 0.15) is 11.9 Å². The van der Waals surface area contributed by atoms with E-state index in [0.717, 1.165) is 19.3 Å². The number of hydrogen-bond donors (Lipinski definition) is 2. The summed E-state index contributed by atoms with van der Waals surface area (Å²) in [6.45, 7) is 1.67. The minimum atomic E-state index is -0.637. The van der Waals surface area contributed by atoms with Crippen LogP contribution in [0.2, 0.25) is 5.02 Å². The Bertz CT molecular complexity index is 392. The Kier molecular flexibility index (Phi) is 3.92. The molecule has 17 heavy (non-hydrogen) atoms. The molecule has 1 aliphatic carbocycles. The topological polar surface area (TPSA) is 49.7 Å². The summed E-state index contributed by atoms with van der Waals surface area (Å²) in [5.74, 6) is 0.607. The Morgan fingerprint density at radius 1 is 1.41 bits per heavy atom.